The zero-order valence-corrected chi connectivity index (χ0v) is 15.3. The van der Waals surface area contributed by atoms with Crippen molar-refractivity contribution in [1.29, 1.82) is 0 Å². The summed E-state index contributed by atoms with van der Waals surface area (Å²) in [5, 5.41) is 2.64. The third kappa shape index (κ3) is 4.86. The van der Waals surface area contributed by atoms with Gasteiger partial charge in [-0.15, -0.1) is 0 Å². The minimum Gasteiger partial charge on any atom is -0.377 e. The molecule has 0 radical (unpaired) electrons. The number of nitrogens with zero attached hydrogens (tertiary/aromatic N) is 2. The average Bonchev–Trinajstić information content (AvgIpc) is 2.59. The van der Waals surface area contributed by atoms with E-state index >= 15 is 0 Å². The lowest BCUT2D eigenvalue weighted by Gasteiger charge is -2.23. The van der Waals surface area contributed by atoms with Crippen LogP contribution in [0.15, 0.2) is 36.4 Å². The molecule has 0 heterocycles. The lowest BCUT2D eigenvalue weighted by Crippen LogP contribution is -2.19. The lowest BCUT2D eigenvalue weighted by atomic mass is 10.1. The summed E-state index contributed by atoms with van der Waals surface area (Å²) in [4.78, 5) is 9.16. The lowest BCUT2D eigenvalue weighted by molar-refractivity contribution is 0.133. The average molecular weight is 329 g/mol. The summed E-state index contributed by atoms with van der Waals surface area (Å²) in [5.41, 5.74) is 2.58. The summed E-state index contributed by atoms with van der Waals surface area (Å²) in [6.07, 6.45) is 5.97. The molecule has 132 valence electrons. The number of hydrogen-bond acceptors (Lipinski definition) is 4. The van der Waals surface area contributed by atoms with Gasteiger partial charge < -0.3 is 14.6 Å². The topological polar surface area (TPSA) is 41.7 Å². The predicted molar refractivity (Wildman–Crippen MR) is 105 cm³/mol. The minimum atomic E-state index is 0.671. The second-order valence-corrected chi connectivity index (χ2v) is 6.60. The molecule has 0 saturated heterocycles. The molecular formula is C20H31N3O. The highest BCUT2D eigenvalue weighted by Crippen LogP contribution is 2.32. The zero-order valence-electron chi connectivity index (χ0n) is 15.3. The van der Waals surface area contributed by atoms with E-state index in [-0.39, 0.29) is 0 Å². The number of unbranched alkanes of at least 4 members (excludes halogenated alkanes) is 4. The fourth-order valence-corrected chi connectivity index (χ4v) is 3.18. The number of fused-ring (bicyclic) bond motifs is 1. The molecule has 0 aliphatic rings. The molecule has 0 fully saturated rings. The van der Waals surface area contributed by atoms with Crippen LogP contribution in [0.5, 0.6) is 0 Å². The van der Waals surface area contributed by atoms with Gasteiger partial charge in [-0.3, -0.25) is 0 Å². The molecule has 0 spiro atoms. The maximum absolute atomic E-state index is 5.04. The Morgan fingerprint density at radius 3 is 2.04 bits per heavy atom. The van der Waals surface area contributed by atoms with Crippen LogP contribution in [0, 0.1) is 0 Å². The summed E-state index contributed by atoms with van der Waals surface area (Å²) < 4.78 is 0. The molecule has 0 saturated carbocycles. The van der Waals surface area contributed by atoms with Crippen LogP contribution in [0.4, 0.5) is 11.4 Å². The van der Waals surface area contributed by atoms with Gasteiger partial charge in [-0.05, 0) is 25.0 Å². The Hall–Kier alpha value is -1.78. The van der Waals surface area contributed by atoms with Gasteiger partial charge in [0.2, 0.25) is 0 Å². The first-order valence-corrected chi connectivity index (χ1v) is 8.87. The first-order valence-electron chi connectivity index (χ1n) is 8.87. The van der Waals surface area contributed by atoms with Crippen LogP contribution in [0.2, 0.25) is 0 Å². The van der Waals surface area contributed by atoms with E-state index in [1.54, 1.807) is 0 Å². The molecule has 0 aromatic heterocycles. The summed E-state index contributed by atoms with van der Waals surface area (Å²) >= 11 is 0. The summed E-state index contributed by atoms with van der Waals surface area (Å²) in [6, 6.07) is 13.1. The maximum Gasteiger partial charge on any atom is 0.0679 e. The third-order valence-electron chi connectivity index (χ3n) is 4.52. The molecule has 4 heteroatoms. The number of rotatable bonds is 10. The monoisotopic (exact) mass is 329 g/mol. The highest BCUT2D eigenvalue weighted by atomic mass is 16.6. The van der Waals surface area contributed by atoms with Crippen LogP contribution in [0.1, 0.15) is 32.1 Å². The van der Waals surface area contributed by atoms with Gasteiger partial charge in [-0.1, -0.05) is 43.5 Å². The van der Waals surface area contributed by atoms with E-state index in [0.717, 1.165) is 13.0 Å². The summed E-state index contributed by atoms with van der Waals surface area (Å²) in [6.45, 7) is 1.75. The van der Waals surface area contributed by atoms with Crippen molar-refractivity contribution in [2.45, 2.75) is 32.1 Å². The van der Waals surface area contributed by atoms with Crippen LogP contribution in [-0.4, -0.2) is 34.3 Å². The van der Waals surface area contributed by atoms with Gasteiger partial charge >= 0.3 is 0 Å². The molecule has 2 N–H and O–H groups in total. The van der Waals surface area contributed by atoms with Gasteiger partial charge in [0.05, 0.1) is 6.61 Å². The van der Waals surface area contributed by atoms with Gasteiger partial charge in [-0.25, -0.2) is 5.90 Å². The first kappa shape index (κ1) is 18.6. The van der Waals surface area contributed by atoms with Gasteiger partial charge in [-0.2, -0.15) is 0 Å². The van der Waals surface area contributed by atoms with Crippen LogP contribution in [-0.2, 0) is 4.84 Å². The molecule has 0 atom stereocenters. The standard InChI is InChI=1S/C20H31N3O/c1-22(2)19-13-9-12-18-17(19)11-10-14-20(18)23(3)15-7-5-4-6-8-16-24-21/h9-14H,4-8,15-16,21H2,1-3H3. The van der Waals surface area contributed by atoms with Gasteiger partial charge in [0.15, 0.2) is 0 Å². The number of hydrogen-bond donors (Lipinski definition) is 1. The third-order valence-corrected chi connectivity index (χ3v) is 4.52. The summed E-state index contributed by atoms with van der Waals surface area (Å²) in [5.74, 6) is 5.04. The van der Waals surface area contributed by atoms with E-state index < -0.39 is 0 Å². The van der Waals surface area contributed by atoms with Crippen molar-refractivity contribution in [3.05, 3.63) is 36.4 Å². The Bertz CT molecular complexity index is 627. The van der Waals surface area contributed by atoms with E-state index in [4.69, 9.17) is 5.90 Å². The molecule has 2 aromatic carbocycles. The van der Waals surface area contributed by atoms with Crippen LogP contribution in [0.25, 0.3) is 10.8 Å². The van der Waals surface area contributed by atoms with E-state index in [2.05, 4.69) is 72.2 Å². The van der Waals surface area contributed by atoms with E-state index in [1.807, 2.05) is 0 Å². The predicted octanol–water partition coefficient (Wildman–Crippen LogP) is 4.18. The molecule has 2 aromatic rings. The molecule has 0 aliphatic carbocycles. The van der Waals surface area contributed by atoms with E-state index in [0.29, 0.717) is 6.61 Å². The Labute approximate surface area is 146 Å². The molecule has 2 rings (SSSR count). The number of nitrogens with two attached hydrogens (primary N) is 1. The van der Waals surface area contributed by atoms with Crippen molar-refractivity contribution in [1.82, 2.24) is 0 Å². The van der Waals surface area contributed by atoms with Crippen molar-refractivity contribution in [2.24, 2.45) is 5.90 Å². The zero-order chi connectivity index (χ0) is 17.4. The summed E-state index contributed by atoms with van der Waals surface area (Å²) in [7, 11) is 6.39. The first-order chi connectivity index (χ1) is 11.6. The highest BCUT2D eigenvalue weighted by Gasteiger charge is 2.09. The second-order valence-electron chi connectivity index (χ2n) is 6.60. The van der Waals surface area contributed by atoms with Crippen LogP contribution < -0.4 is 15.7 Å². The van der Waals surface area contributed by atoms with E-state index in [9.17, 15) is 0 Å². The Kier molecular flexibility index (Phi) is 7.35. The second kappa shape index (κ2) is 9.50. The highest BCUT2D eigenvalue weighted by molar-refractivity contribution is 6.01. The molecule has 0 amide bonds. The molecule has 4 nitrogen and oxygen atoms in total. The molecule has 0 unspecified atom stereocenters. The fraction of sp³-hybridized carbons (Fsp3) is 0.500. The smallest absolute Gasteiger partial charge is 0.0679 e. The van der Waals surface area contributed by atoms with Gasteiger partial charge in [0.1, 0.15) is 0 Å². The Morgan fingerprint density at radius 1 is 0.792 bits per heavy atom. The normalized spacial score (nSPS) is 11.0. The van der Waals surface area contributed by atoms with Crippen LogP contribution in [0.3, 0.4) is 0 Å². The fourth-order valence-electron chi connectivity index (χ4n) is 3.18. The Morgan fingerprint density at radius 2 is 1.38 bits per heavy atom. The minimum absolute atomic E-state index is 0.671. The molecule has 0 bridgehead atoms. The van der Waals surface area contributed by atoms with Crippen molar-refractivity contribution < 1.29 is 4.84 Å². The molecular weight excluding hydrogens is 298 g/mol. The number of benzene rings is 2. The maximum atomic E-state index is 5.04. The van der Waals surface area contributed by atoms with Crippen molar-refractivity contribution in [2.75, 3.05) is 44.1 Å². The number of anilines is 2. The van der Waals surface area contributed by atoms with Crippen molar-refractivity contribution in [3.63, 3.8) is 0 Å². The van der Waals surface area contributed by atoms with Gasteiger partial charge in [0.25, 0.3) is 0 Å². The van der Waals surface area contributed by atoms with E-state index in [1.165, 1.54) is 47.8 Å². The SMILES string of the molecule is CN(C)c1cccc2c(N(C)CCCCCCCON)cccc12. The Balaban J connectivity index is 1.97. The van der Waals surface area contributed by atoms with Crippen molar-refractivity contribution in [3.8, 4) is 0 Å². The molecule has 0 aliphatic heterocycles. The molecule has 24 heavy (non-hydrogen) atoms. The van der Waals surface area contributed by atoms with Crippen LogP contribution >= 0.6 is 0 Å². The largest absolute Gasteiger partial charge is 0.377 e. The quantitative estimate of drug-likeness (QED) is 0.524. The van der Waals surface area contributed by atoms with Gasteiger partial charge in [0, 0.05) is 49.8 Å². The van der Waals surface area contributed by atoms with Crippen molar-refractivity contribution >= 4 is 22.1 Å².